The van der Waals surface area contributed by atoms with Gasteiger partial charge < -0.3 is 14.2 Å². The third-order valence-electron chi connectivity index (χ3n) is 4.96. The number of benzene rings is 2. The lowest BCUT2D eigenvalue weighted by atomic mass is 9.89. The van der Waals surface area contributed by atoms with Crippen molar-refractivity contribution in [1.82, 2.24) is 0 Å². The monoisotopic (exact) mass is 466 g/mol. The van der Waals surface area contributed by atoms with E-state index in [1.165, 1.54) is 11.1 Å². The number of hydrogen-bond donors (Lipinski definition) is 0. The zero-order chi connectivity index (χ0) is 18.4. The lowest BCUT2D eigenvalue weighted by Gasteiger charge is -2.43. The first-order chi connectivity index (χ1) is 12.7. The van der Waals surface area contributed by atoms with E-state index < -0.39 is 0 Å². The average Bonchev–Trinajstić information content (AvgIpc) is 2.69. The molecule has 1 aliphatic rings. The van der Waals surface area contributed by atoms with Crippen LogP contribution < -0.4 is 0 Å². The summed E-state index contributed by atoms with van der Waals surface area (Å²) >= 11 is 2.35. The molecular weight excluding hydrogens is 439 g/mol. The Hall–Kier alpha value is -0.950. The van der Waals surface area contributed by atoms with Crippen molar-refractivity contribution in [1.29, 1.82) is 0 Å². The van der Waals surface area contributed by atoms with Crippen LogP contribution in [0.5, 0.6) is 0 Å². The van der Waals surface area contributed by atoms with E-state index in [-0.39, 0.29) is 28.3 Å². The molecule has 3 rings (SSSR count). The molecular formula is C22H27IO3. The molecule has 0 aromatic heterocycles. The van der Waals surface area contributed by atoms with E-state index in [1.54, 1.807) is 0 Å². The summed E-state index contributed by atoms with van der Waals surface area (Å²) in [5.74, 6) is 0.288. The Morgan fingerprint density at radius 1 is 0.846 bits per heavy atom. The second-order valence-corrected chi connectivity index (χ2v) is 8.04. The van der Waals surface area contributed by atoms with Gasteiger partial charge in [0, 0.05) is 5.92 Å². The van der Waals surface area contributed by atoms with E-state index in [0.29, 0.717) is 13.2 Å². The van der Waals surface area contributed by atoms with Crippen LogP contribution in [-0.2, 0) is 27.4 Å². The molecule has 5 atom stereocenters. The molecule has 0 saturated carbocycles. The van der Waals surface area contributed by atoms with Crippen LogP contribution in [0.3, 0.4) is 0 Å². The summed E-state index contributed by atoms with van der Waals surface area (Å²) in [6, 6.07) is 20.6. The van der Waals surface area contributed by atoms with E-state index >= 15 is 0 Å². The minimum absolute atomic E-state index is 0.0134. The third kappa shape index (κ3) is 5.06. The highest BCUT2D eigenvalue weighted by molar-refractivity contribution is 14.1. The fourth-order valence-corrected chi connectivity index (χ4v) is 4.44. The molecule has 0 N–H and O–H groups in total. The number of ether oxygens (including phenoxy) is 3. The van der Waals surface area contributed by atoms with Crippen LogP contribution in [0.4, 0.5) is 0 Å². The van der Waals surface area contributed by atoms with Crippen molar-refractivity contribution in [3.63, 3.8) is 0 Å². The van der Waals surface area contributed by atoms with Gasteiger partial charge in [-0.1, -0.05) is 74.5 Å². The van der Waals surface area contributed by atoms with Gasteiger partial charge in [-0.05, 0) is 40.1 Å². The van der Waals surface area contributed by atoms with Gasteiger partial charge in [0.1, 0.15) is 10.2 Å². The molecule has 0 spiro atoms. The Bertz CT molecular complexity index is 649. The van der Waals surface area contributed by atoms with Gasteiger partial charge in [0.15, 0.2) is 0 Å². The first kappa shape index (κ1) is 19.8. The van der Waals surface area contributed by atoms with Crippen molar-refractivity contribution < 1.29 is 14.2 Å². The Morgan fingerprint density at radius 3 is 1.85 bits per heavy atom. The Balaban J connectivity index is 1.69. The lowest BCUT2D eigenvalue weighted by molar-refractivity contribution is -0.203. The van der Waals surface area contributed by atoms with Crippen LogP contribution in [0.25, 0.3) is 0 Å². The molecule has 2 aromatic rings. The van der Waals surface area contributed by atoms with Crippen LogP contribution in [0, 0.1) is 5.92 Å². The summed E-state index contributed by atoms with van der Waals surface area (Å²) in [5, 5.41) is 0. The van der Waals surface area contributed by atoms with Crippen LogP contribution in [0.2, 0.25) is 0 Å². The number of rotatable bonds is 7. The predicted molar refractivity (Wildman–Crippen MR) is 112 cm³/mol. The van der Waals surface area contributed by atoms with Gasteiger partial charge in [-0.2, -0.15) is 0 Å². The molecule has 4 heteroatoms. The molecule has 1 saturated heterocycles. The zero-order valence-corrected chi connectivity index (χ0v) is 17.5. The van der Waals surface area contributed by atoms with Gasteiger partial charge in [0.2, 0.25) is 0 Å². The summed E-state index contributed by atoms with van der Waals surface area (Å²) in [6.07, 6.45) is 1.11. The summed E-state index contributed by atoms with van der Waals surface area (Å²) in [4.78, 5) is 0. The maximum Gasteiger partial charge on any atom is 0.137 e. The molecule has 1 aliphatic heterocycles. The van der Waals surface area contributed by atoms with Gasteiger partial charge in [-0.3, -0.25) is 0 Å². The molecule has 0 unspecified atom stereocenters. The Kier molecular flexibility index (Phi) is 7.49. The SMILES string of the molecule is CC[C@H]1O[C@H](I)[C@H](OCc2ccccc2)[C@@H](OCc2ccccc2)[C@H]1C. The van der Waals surface area contributed by atoms with E-state index in [9.17, 15) is 0 Å². The molecule has 2 aromatic carbocycles. The van der Waals surface area contributed by atoms with Gasteiger partial charge in [0.25, 0.3) is 0 Å². The third-order valence-corrected chi connectivity index (χ3v) is 5.97. The highest BCUT2D eigenvalue weighted by Gasteiger charge is 2.43. The van der Waals surface area contributed by atoms with E-state index in [0.717, 1.165) is 6.42 Å². The van der Waals surface area contributed by atoms with Crippen LogP contribution >= 0.6 is 22.6 Å². The van der Waals surface area contributed by atoms with Crippen molar-refractivity contribution >= 4 is 22.6 Å². The summed E-state index contributed by atoms with van der Waals surface area (Å²) in [6.45, 7) is 5.55. The second kappa shape index (κ2) is 9.83. The highest BCUT2D eigenvalue weighted by atomic mass is 127. The van der Waals surface area contributed by atoms with Crippen molar-refractivity contribution in [2.24, 2.45) is 5.92 Å². The molecule has 0 aliphatic carbocycles. The van der Waals surface area contributed by atoms with Gasteiger partial charge in [-0.15, -0.1) is 0 Å². The van der Waals surface area contributed by atoms with Crippen molar-refractivity contribution in [2.75, 3.05) is 0 Å². The van der Waals surface area contributed by atoms with Crippen LogP contribution in [0.1, 0.15) is 31.4 Å². The minimum atomic E-state index is -0.0858. The first-order valence-corrected chi connectivity index (χ1v) is 10.5. The predicted octanol–water partition coefficient (Wildman–Crippen LogP) is 5.36. The molecule has 0 radical (unpaired) electrons. The van der Waals surface area contributed by atoms with Gasteiger partial charge in [-0.25, -0.2) is 0 Å². The topological polar surface area (TPSA) is 27.7 Å². The first-order valence-electron chi connectivity index (χ1n) is 9.29. The highest BCUT2D eigenvalue weighted by Crippen LogP contribution is 2.35. The summed E-state index contributed by atoms with van der Waals surface area (Å²) in [5.41, 5.74) is 2.36. The molecule has 0 amide bonds. The Morgan fingerprint density at radius 2 is 1.35 bits per heavy atom. The van der Waals surface area contributed by atoms with E-state index in [1.807, 2.05) is 36.4 Å². The summed E-state index contributed by atoms with van der Waals surface area (Å²) in [7, 11) is 0. The molecule has 1 fully saturated rings. The van der Waals surface area contributed by atoms with Crippen molar-refractivity contribution in [3.8, 4) is 0 Å². The number of halogens is 1. The zero-order valence-electron chi connectivity index (χ0n) is 15.4. The molecule has 140 valence electrons. The Labute approximate surface area is 170 Å². The molecule has 3 nitrogen and oxygen atoms in total. The van der Waals surface area contributed by atoms with Crippen molar-refractivity contribution in [3.05, 3.63) is 71.8 Å². The van der Waals surface area contributed by atoms with Crippen LogP contribution in [-0.4, -0.2) is 22.4 Å². The molecule has 1 heterocycles. The maximum absolute atomic E-state index is 6.38. The van der Waals surface area contributed by atoms with Crippen LogP contribution in [0.15, 0.2) is 60.7 Å². The molecule has 0 bridgehead atoms. The van der Waals surface area contributed by atoms with Crippen molar-refractivity contribution in [2.45, 2.75) is 55.9 Å². The maximum atomic E-state index is 6.38. The molecule has 26 heavy (non-hydrogen) atoms. The average molecular weight is 466 g/mol. The standard InChI is InChI=1S/C22H27IO3/c1-3-19-16(2)20(24-14-17-10-6-4-7-11-17)21(22(23)26-19)25-15-18-12-8-5-9-13-18/h4-13,16,19-22H,3,14-15H2,1-2H3/t16-,19+,20-,21+,22-/m0/s1. The smallest absolute Gasteiger partial charge is 0.137 e. The fraction of sp³-hybridized carbons (Fsp3) is 0.455. The van der Waals surface area contributed by atoms with E-state index in [2.05, 4.69) is 60.7 Å². The fourth-order valence-electron chi connectivity index (χ4n) is 3.45. The van der Waals surface area contributed by atoms with Gasteiger partial charge in [0.05, 0.1) is 25.4 Å². The normalized spacial score (nSPS) is 28.8. The van der Waals surface area contributed by atoms with E-state index in [4.69, 9.17) is 14.2 Å². The minimum Gasteiger partial charge on any atom is -0.370 e. The lowest BCUT2D eigenvalue weighted by Crippen LogP contribution is -2.53. The summed E-state index contributed by atoms with van der Waals surface area (Å²) < 4.78 is 18.9. The largest absolute Gasteiger partial charge is 0.370 e. The van der Waals surface area contributed by atoms with Gasteiger partial charge >= 0.3 is 0 Å². The number of hydrogen-bond acceptors (Lipinski definition) is 3. The number of alkyl halides is 1. The second-order valence-electron chi connectivity index (χ2n) is 6.82. The quantitative estimate of drug-likeness (QED) is 0.406.